The SMILES string of the molecule is CNc1cc(F)c(N2C=CC(=O)CC2)c(F)c1. The molecule has 0 atom stereocenters. The predicted octanol–water partition coefficient (Wildman–Crippen LogP) is 2.30. The maximum Gasteiger partial charge on any atom is 0.158 e. The molecule has 5 heteroatoms. The molecule has 0 saturated carbocycles. The van der Waals surface area contributed by atoms with E-state index in [1.165, 1.54) is 29.3 Å². The van der Waals surface area contributed by atoms with E-state index in [2.05, 4.69) is 5.32 Å². The zero-order valence-corrected chi connectivity index (χ0v) is 9.34. The summed E-state index contributed by atoms with van der Waals surface area (Å²) in [5.74, 6) is -1.32. The first-order chi connectivity index (χ1) is 8.11. The van der Waals surface area contributed by atoms with Gasteiger partial charge in [-0.25, -0.2) is 8.78 Å². The molecule has 17 heavy (non-hydrogen) atoms. The second-order valence-electron chi connectivity index (χ2n) is 3.76. The molecule has 0 spiro atoms. The van der Waals surface area contributed by atoms with Crippen molar-refractivity contribution < 1.29 is 13.6 Å². The van der Waals surface area contributed by atoms with Gasteiger partial charge in [0, 0.05) is 31.9 Å². The summed E-state index contributed by atoms with van der Waals surface area (Å²) in [4.78, 5) is 12.4. The Balaban J connectivity index is 2.39. The number of ketones is 1. The smallest absolute Gasteiger partial charge is 0.158 e. The zero-order valence-electron chi connectivity index (χ0n) is 9.34. The summed E-state index contributed by atoms with van der Waals surface area (Å²) >= 11 is 0. The monoisotopic (exact) mass is 238 g/mol. The van der Waals surface area contributed by atoms with Crippen molar-refractivity contribution in [3.63, 3.8) is 0 Å². The number of halogens is 2. The summed E-state index contributed by atoms with van der Waals surface area (Å²) < 4.78 is 27.5. The molecule has 0 bridgehead atoms. The Bertz CT molecular complexity index is 462. The maximum atomic E-state index is 13.7. The topological polar surface area (TPSA) is 32.3 Å². The molecule has 0 aliphatic carbocycles. The molecule has 1 aromatic rings. The highest BCUT2D eigenvalue weighted by Gasteiger charge is 2.19. The molecule has 0 unspecified atom stereocenters. The van der Waals surface area contributed by atoms with Gasteiger partial charge in [-0.1, -0.05) is 0 Å². The van der Waals surface area contributed by atoms with Crippen LogP contribution in [0, 0.1) is 11.6 Å². The number of hydrogen-bond acceptors (Lipinski definition) is 3. The lowest BCUT2D eigenvalue weighted by atomic mass is 10.1. The second kappa shape index (κ2) is 4.53. The molecular formula is C12H12F2N2O. The van der Waals surface area contributed by atoms with Gasteiger partial charge in [-0.15, -0.1) is 0 Å². The van der Waals surface area contributed by atoms with Crippen LogP contribution in [-0.4, -0.2) is 19.4 Å². The number of allylic oxidation sites excluding steroid dienone is 1. The molecule has 0 saturated heterocycles. The Morgan fingerprint density at radius 1 is 1.29 bits per heavy atom. The van der Waals surface area contributed by atoms with E-state index in [0.29, 0.717) is 12.2 Å². The average Bonchev–Trinajstić information content (AvgIpc) is 2.30. The van der Waals surface area contributed by atoms with Gasteiger partial charge in [0.05, 0.1) is 0 Å². The summed E-state index contributed by atoms with van der Waals surface area (Å²) in [7, 11) is 1.59. The molecule has 2 rings (SSSR count). The first-order valence-corrected chi connectivity index (χ1v) is 5.26. The van der Waals surface area contributed by atoms with Gasteiger partial charge in [-0.2, -0.15) is 0 Å². The van der Waals surface area contributed by atoms with Crippen LogP contribution in [-0.2, 0) is 4.79 Å². The van der Waals surface area contributed by atoms with Gasteiger partial charge in [-0.3, -0.25) is 4.79 Å². The first-order valence-electron chi connectivity index (χ1n) is 5.26. The Labute approximate surface area is 97.7 Å². The molecule has 3 nitrogen and oxygen atoms in total. The molecule has 1 aromatic carbocycles. The van der Waals surface area contributed by atoms with Crippen LogP contribution in [0.15, 0.2) is 24.4 Å². The van der Waals surface area contributed by atoms with Crippen LogP contribution < -0.4 is 10.2 Å². The zero-order chi connectivity index (χ0) is 12.4. The van der Waals surface area contributed by atoms with Crippen molar-refractivity contribution in [2.45, 2.75) is 6.42 Å². The van der Waals surface area contributed by atoms with Crippen molar-refractivity contribution in [3.05, 3.63) is 36.0 Å². The fourth-order valence-electron chi connectivity index (χ4n) is 1.73. The van der Waals surface area contributed by atoms with E-state index in [4.69, 9.17) is 0 Å². The number of carbonyl (C=O) groups excluding carboxylic acids is 1. The Morgan fingerprint density at radius 2 is 1.94 bits per heavy atom. The largest absolute Gasteiger partial charge is 0.388 e. The number of nitrogens with one attached hydrogen (secondary N) is 1. The normalized spacial score (nSPS) is 15.2. The number of nitrogens with zero attached hydrogens (tertiary/aromatic N) is 1. The van der Waals surface area contributed by atoms with Crippen LogP contribution in [0.25, 0.3) is 0 Å². The number of rotatable bonds is 2. The Hall–Kier alpha value is -1.91. The van der Waals surface area contributed by atoms with Crippen LogP contribution >= 0.6 is 0 Å². The van der Waals surface area contributed by atoms with Crippen molar-refractivity contribution in [3.8, 4) is 0 Å². The lowest BCUT2D eigenvalue weighted by Crippen LogP contribution is -2.25. The van der Waals surface area contributed by atoms with E-state index >= 15 is 0 Å². The van der Waals surface area contributed by atoms with Gasteiger partial charge in [0.2, 0.25) is 0 Å². The van der Waals surface area contributed by atoms with E-state index in [-0.39, 0.29) is 17.9 Å². The lowest BCUT2D eigenvalue weighted by Gasteiger charge is -2.24. The van der Waals surface area contributed by atoms with Crippen molar-refractivity contribution >= 4 is 17.2 Å². The van der Waals surface area contributed by atoms with Crippen molar-refractivity contribution in [2.75, 3.05) is 23.8 Å². The number of carbonyl (C=O) groups is 1. The van der Waals surface area contributed by atoms with Gasteiger partial charge < -0.3 is 10.2 Å². The lowest BCUT2D eigenvalue weighted by molar-refractivity contribution is -0.114. The van der Waals surface area contributed by atoms with Gasteiger partial charge in [0.15, 0.2) is 17.4 Å². The number of anilines is 2. The summed E-state index contributed by atoms with van der Waals surface area (Å²) in [5.41, 5.74) is 0.258. The van der Waals surface area contributed by atoms with Crippen molar-refractivity contribution in [1.29, 1.82) is 0 Å². The van der Waals surface area contributed by atoms with Crippen LogP contribution in [0.2, 0.25) is 0 Å². The van der Waals surface area contributed by atoms with Gasteiger partial charge in [-0.05, 0) is 18.2 Å². The summed E-state index contributed by atoms with van der Waals surface area (Å²) in [5, 5.41) is 2.68. The van der Waals surface area contributed by atoms with Crippen LogP contribution in [0.1, 0.15) is 6.42 Å². The molecule has 0 amide bonds. The minimum Gasteiger partial charge on any atom is -0.388 e. The molecule has 1 aliphatic heterocycles. The summed E-state index contributed by atoms with van der Waals surface area (Å²) in [6.45, 7) is 0.294. The molecule has 0 fully saturated rings. The van der Waals surface area contributed by atoms with E-state index < -0.39 is 11.6 Å². The van der Waals surface area contributed by atoms with Crippen LogP contribution in [0.3, 0.4) is 0 Å². The summed E-state index contributed by atoms with van der Waals surface area (Å²) in [6, 6.07) is 2.45. The third kappa shape index (κ3) is 2.27. The molecule has 0 radical (unpaired) electrons. The number of hydrogen-bond donors (Lipinski definition) is 1. The van der Waals surface area contributed by atoms with Gasteiger partial charge in [0.1, 0.15) is 5.69 Å². The minimum absolute atomic E-state index is 0.0334. The van der Waals surface area contributed by atoms with E-state index in [1.807, 2.05) is 0 Å². The fourth-order valence-corrected chi connectivity index (χ4v) is 1.73. The molecule has 1 N–H and O–H groups in total. The van der Waals surface area contributed by atoms with Gasteiger partial charge in [0.25, 0.3) is 0 Å². The first kappa shape index (κ1) is 11.6. The van der Waals surface area contributed by atoms with E-state index in [9.17, 15) is 13.6 Å². The average molecular weight is 238 g/mol. The molecule has 1 heterocycles. The van der Waals surface area contributed by atoms with Crippen molar-refractivity contribution in [1.82, 2.24) is 0 Å². The van der Waals surface area contributed by atoms with E-state index in [0.717, 1.165) is 0 Å². The number of benzene rings is 1. The third-order valence-corrected chi connectivity index (χ3v) is 2.63. The fraction of sp³-hybridized carbons (Fsp3) is 0.250. The summed E-state index contributed by atoms with van der Waals surface area (Å²) in [6.07, 6.45) is 3.00. The van der Waals surface area contributed by atoms with Gasteiger partial charge >= 0.3 is 0 Å². The minimum atomic E-state index is -0.645. The predicted molar refractivity (Wildman–Crippen MR) is 62.0 cm³/mol. The standard InChI is InChI=1S/C12H12F2N2O/c1-15-8-6-10(13)12(11(14)7-8)16-4-2-9(17)3-5-16/h2,4,6-7,15H,3,5H2,1H3. The second-order valence-corrected chi connectivity index (χ2v) is 3.76. The Kier molecular flexibility index (Phi) is 3.08. The molecular weight excluding hydrogens is 226 g/mol. The highest BCUT2D eigenvalue weighted by Crippen LogP contribution is 2.28. The molecule has 90 valence electrons. The van der Waals surface area contributed by atoms with Crippen LogP contribution in [0.4, 0.5) is 20.2 Å². The van der Waals surface area contributed by atoms with E-state index in [1.54, 1.807) is 7.05 Å². The van der Waals surface area contributed by atoms with Crippen molar-refractivity contribution in [2.24, 2.45) is 0 Å². The van der Waals surface area contributed by atoms with Crippen LogP contribution in [0.5, 0.6) is 0 Å². The third-order valence-electron chi connectivity index (χ3n) is 2.63. The molecule has 0 aromatic heterocycles. The maximum absolute atomic E-state index is 13.7. The Morgan fingerprint density at radius 3 is 2.41 bits per heavy atom. The molecule has 1 aliphatic rings. The quantitative estimate of drug-likeness (QED) is 0.858. The highest BCUT2D eigenvalue weighted by atomic mass is 19.1. The highest BCUT2D eigenvalue weighted by molar-refractivity contribution is 5.91.